The van der Waals surface area contributed by atoms with Crippen LogP contribution in [0.5, 0.6) is 5.75 Å². The number of aromatic amines is 1. The Morgan fingerprint density at radius 1 is 1.24 bits per heavy atom. The summed E-state index contributed by atoms with van der Waals surface area (Å²) in [5, 5.41) is 10.7. The summed E-state index contributed by atoms with van der Waals surface area (Å²) < 4.78 is 11.8. The highest BCUT2D eigenvalue weighted by Gasteiger charge is 2.11. The predicted octanol–water partition coefficient (Wildman–Crippen LogP) is 0.428. The SMILES string of the molecule is COc1ccc(CCNC(=O)CSc2nnc(Cn3ccc(=O)[nH]c3=O)o2)cc1. The second-order valence-electron chi connectivity index (χ2n) is 5.94. The zero-order valence-electron chi connectivity index (χ0n) is 15.6. The molecule has 10 nitrogen and oxygen atoms in total. The van der Waals surface area contributed by atoms with Gasteiger partial charge in [0, 0.05) is 18.8 Å². The Morgan fingerprint density at radius 2 is 2.03 bits per heavy atom. The summed E-state index contributed by atoms with van der Waals surface area (Å²) >= 11 is 1.10. The Kier molecular flexibility index (Phi) is 6.85. The summed E-state index contributed by atoms with van der Waals surface area (Å²) in [7, 11) is 1.61. The second kappa shape index (κ2) is 9.73. The summed E-state index contributed by atoms with van der Waals surface area (Å²) in [5.74, 6) is 0.961. The molecule has 0 atom stereocenters. The third-order valence-electron chi connectivity index (χ3n) is 3.87. The molecule has 0 aliphatic rings. The first-order valence-corrected chi connectivity index (χ1v) is 9.66. The van der Waals surface area contributed by atoms with E-state index in [-0.39, 0.29) is 29.3 Å². The Labute approximate surface area is 169 Å². The van der Waals surface area contributed by atoms with E-state index in [9.17, 15) is 14.4 Å². The monoisotopic (exact) mass is 417 g/mol. The molecule has 0 spiro atoms. The quantitative estimate of drug-likeness (QED) is 0.479. The van der Waals surface area contributed by atoms with Crippen molar-refractivity contribution in [3.05, 3.63) is 68.8 Å². The Bertz CT molecular complexity index is 1070. The van der Waals surface area contributed by atoms with Gasteiger partial charge in [-0.15, -0.1) is 10.2 Å². The van der Waals surface area contributed by atoms with Crippen LogP contribution in [0, 0.1) is 0 Å². The minimum Gasteiger partial charge on any atom is -0.497 e. The number of benzene rings is 1. The second-order valence-corrected chi connectivity index (χ2v) is 6.86. The van der Waals surface area contributed by atoms with E-state index in [1.165, 1.54) is 16.8 Å². The van der Waals surface area contributed by atoms with E-state index >= 15 is 0 Å². The van der Waals surface area contributed by atoms with Crippen LogP contribution in [0.1, 0.15) is 11.5 Å². The number of carbonyl (C=O) groups excluding carboxylic acids is 1. The highest BCUT2D eigenvalue weighted by atomic mass is 32.2. The molecule has 152 valence electrons. The predicted molar refractivity (Wildman–Crippen MR) is 105 cm³/mol. The fourth-order valence-electron chi connectivity index (χ4n) is 2.39. The van der Waals surface area contributed by atoms with Gasteiger partial charge in [-0.1, -0.05) is 23.9 Å². The van der Waals surface area contributed by atoms with Gasteiger partial charge in [-0.3, -0.25) is 19.1 Å². The number of thioether (sulfide) groups is 1. The van der Waals surface area contributed by atoms with Gasteiger partial charge < -0.3 is 14.5 Å². The number of hydrogen-bond donors (Lipinski definition) is 2. The number of H-pyrrole nitrogens is 1. The Morgan fingerprint density at radius 3 is 2.76 bits per heavy atom. The van der Waals surface area contributed by atoms with Gasteiger partial charge in [-0.25, -0.2) is 4.79 Å². The van der Waals surface area contributed by atoms with Crippen LogP contribution in [-0.2, 0) is 17.8 Å². The van der Waals surface area contributed by atoms with Crippen molar-refractivity contribution in [2.75, 3.05) is 19.4 Å². The van der Waals surface area contributed by atoms with Crippen LogP contribution in [0.25, 0.3) is 0 Å². The number of nitrogens with zero attached hydrogens (tertiary/aromatic N) is 3. The maximum atomic E-state index is 12.0. The highest BCUT2D eigenvalue weighted by Crippen LogP contribution is 2.16. The first-order valence-electron chi connectivity index (χ1n) is 8.68. The standard InChI is InChI=1S/C18H19N5O5S/c1-27-13-4-2-12(3-5-13)6-8-19-15(25)11-29-18-22-21-16(28-18)10-23-9-7-14(24)20-17(23)26/h2-5,7,9H,6,8,10-11H2,1H3,(H,19,25)(H,20,24,26). The third kappa shape index (κ3) is 6.07. The summed E-state index contributed by atoms with van der Waals surface area (Å²) in [5.41, 5.74) is 0.0463. The van der Waals surface area contributed by atoms with Gasteiger partial charge in [0.05, 0.1) is 12.9 Å². The van der Waals surface area contributed by atoms with Crippen LogP contribution in [-0.4, -0.2) is 45.1 Å². The lowest BCUT2D eigenvalue weighted by Crippen LogP contribution is -2.28. The molecule has 2 aromatic heterocycles. The lowest BCUT2D eigenvalue weighted by molar-refractivity contribution is -0.118. The number of aromatic nitrogens is 4. The molecule has 3 aromatic rings. The van der Waals surface area contributed by atoms with Gasteiger partial charge in [0.2, 0.25) is 11.8 Å². The Balaban J connectivity index is 1.42. The zero-order valence-corrected chi connectivity index (χ0v) is 16.4. The van der Waals surface area contributed by atoms with Crippen molar-refractivity contribution in [3.63, 3.8) is 0 Å². The highest BCUT2D eigenvalue weighted by molar-refractivity contribution is 7.99. The van der Waals surface area contributed by atoms with E-state index < -0.39 is 11.2 Å². The number of nitrogens with one attached hydrogen (secondary N) is 2. The number of rotatable bonds is 9. The smallest absolute Gasteiger partial charge is 0.328 e. The van der Waals surface area contributed by atoms with Crippen molar-refractivity contribution in [1.29, 1.82) is 0 Å². The maximum absolute atomic E-state index is 12.0. The fraction of sp³-hybridized carbons (Fsp3) is 0.278. The van der Waals surface area contributed by atoms with Crippen LogP contribution >= 0.6 is 11.8 Å². The van der Waals surface area contributed by atoms with Crippen LogP contribution in [0.15, 0.2) is 55.8 Å². The molecule has 0 unspecified atom stereocenters. The minimum absolute atomic E-state index is 0.0250. The van der Waals surface area contributed by atoms with Crippen LogP contribution in [0.3, 0.4) is 0 Å². The minimum atomic E-state index is -0.568. The number of carbonyl (C=O) groups is 1. The largest absolute Gasteiger partial charge is 0.497 e. The van der Waals surface area contributed by atoms with Gasteiger partial charge >= 0.3 is 5.69 Å². The molecule has 2 N–H and O–H groups in total. The maximum Gasteiger partial charge on any atom is 0.328 e. The summed E-state index contributed by atoms with van der Waals surface area (Å²) in [4.78, 5) is 36.8. The first kappa shape index (κ1) is 20.4. The van der Waals surface area contributed by atoms with E-state index in [1.807, 2.05) is 24.3 Å². The molecule has 2 heterocycles. The van der Waals surface area contributed by atoms with Crippen molar-refractivity contribution in [2.24, 2.45) is 0 Å². The first-order chi connectivity index (χ1) is 14.0. The number of methoxy groups -OCH3 is 1. The average molecular weight is 417 g/mol. The average Bonchev–Trinajstić information content (AvgIpc) is 3.16. The van der Waals surface area contributed by atoms with E-state index in [4.69, 9.17) is 9.15 Å². The zero-order chi connectivity index (χ0) is 20.6. The Hall–Kier alpha value is -3.34. The lowest BCUT2D eigenvalue weighted by Gasteiger charge is -2.05. The molecule has 11 heteroatoms. The van der Waals surface area contributed by atoms with Crippen LogP contribution in [0.4, 0.5) is 0 Å². The molecule has 0 aliphatic heterocycles. The van der Waals surface area contributed by atoms with E-state index in [1.54, 1.807) is 7.11 Å². The van der Waals surface area contributed by atoms with Crippen molar-refractivity contribution in [2.45, 2.75) is 18.2 Å². The molecule has 29 heavy (non-hydrogen) atoms. The van der Waals surface area contributed by atoms with Gasteiger partial charge in [0.25, 0.3) is 10.8 Å². The van der Waals surface area contributed by atoms with Crippen molar-refractivity contribution in [3.8, 4) is 5.75 Å². The van der Waals surface area contributed by atoms with Crippen molar-refractivity contribution < 1.29 is 13.9 Å². The van der Waals surface area contributed by atoms with Gasteiger partial charge in [0.15, 0.2) is 0 Å². The van der Waals surface area contributed by atoms with E-state index in [2.05, 4.69) is 20.5 Å². The molecule has 0 saturated carbocycles. The molecule has 0 fully saturated rings. The summed E-state index contributed by atoms with van der Waals surface area (Å²) in [6.07, 6.45) is 2.05. The van der Waals surface area contributed by atoms with Crippen LogP contribution in [0.2, 0.25) is 0 Å². The lowest BCUT2D eigenvalue weighted by atomic mass is 10.1. The molecule has 0 aliphatic carbocycles. The molecule has 0 saturated heterocycles. The van der Waals surface area contributed by atoms with Gasteiger partial charge in [0.1, 0.15) is 12.3 Å². The summed E-state index contributed by atoms with van der Waals surface area (Å²) in [6.45, 7) is 0.535. The number of amides is 1. The molecule has 0 radical (unpaired) electrons. The topological polar surface area (TPSA) is 132 Å². The third-order valence-corrected chi connectivity index (χ3v) is 4.69. The normalized spacial score (nSPS) is 10.7. The fourth-order valence-corrected chi connectivity index (χ4v) is 3.00. The molecule has 1 aromatic carbocycles. The van der Waals surface area contributed by atoms with Crippen LogP contribution < -0.4 is 21.3 Å². The molecule has 3 rings (SSSR count). The molecular formula is C18H19N5O5S. The number of hydrogen-bond acceptors (Lipinski definition) is 8. The summed E-state index contributed by atoms with van der Waals surface area (Å²) in [6, 6.07) is 8.88. The van der Waals surface area contributed by atoms with E-state index in [0.29, 0.717) is 13.0 Å². The molecular weight excluding hydrogens is 398 g/mol. The number of ether oxygens (including phenoxy) is 1. The van der Waals surface area contributed by atoms with Gasteiger partial charge in [-0.05, 0) is 24.1 Å². The molecule has 1 amide bonds. The van der Waals surface area contributed by atoms with Gasteiger partial charge in [-0.2, -0.15) is 0 Å². The van der Waals surface area contributed by atoms with E-state index in [0.717, 1.165) is 23.1 Å². The molecule has 0 bridgehead atoms. The van der Waals surface area contributed by atoms with Crippen molar-refractivity contribution in [1.82, 2.24) is 25.1 Å². The van der Waals surface area contributed by atoms with Crippen molar-refractivity contribution >= 4 is 17.7 Å².